The van der Waals surface area contributed by atoms with Gasteiger partial charge in [0.15, 0.2) is 0 Å². The molecule has 5 N–H and O–H groups in total. The lowest BCUT2D eigenvalue weighted by atomic mass is 9.92. The number of carbonyl (C=O) groups excluding carboxylic acids is 1. The van der Waals surface area contributed by atoms with E-state index in [0.717, 1.165) is 17.0 Å². The van der Waals surface area contributed by atoms with Crippen molar-refractivity contribution in [3.8, 4) is 17.2 Å². The minimum atomic E-state index is -0.841. The Morgan fingerprint density at radius 2 is 1.85 bits per heavy atom. The number of benzene rings is 2. The number of urea groups is 1. The zero-order valence-corrected chi connectivity index (χ0v) is 23.5. The Kier molecular flexibility index (Phi) is 9.33. The van der Waals surface area contributed by atoms with E-state index in [1.165, 1.54) is 12.1 Å². The number of nitrogens with zero attached hydrogens (tertiary/aromatic N) is 3. The molecule has 2 aromatic heterocycles. The maximum atomic E-state index is 14.9. The lowest BCUT2D eigenvalue weighted by Gasteiger charge is -2.14. The van der Waals surface area contributed by atoms with Crippen molar-refractivity contribution < 1.29 is 24.1 Å². The Morgan fingerprint density at radius 1 is 1.07 bits per heavy atom. The summed E-state index contributed by atoms with van der Waals surface area (Å²) in [7, 11) is 0. The van der Waals surface area contributed by atoms with Gasteiger partial charge in [0.25, 0.3) is 0 Å². The Labute approximate surface area is 238 Å². The SMILES string of the molecule is Cc1cc(Oc2ccc(NC(=O)Nc3cc(C(C)(C)C)nn3-c3cccc(CNCC(O)CO)c3)c(F)c2)ccn1. The normalized spacial score (nSPS) is 12.2. The Balaban J connectivity index is 1.50. The number of aryl methyl sites for hydroxylation is 1. The second-order valence-corrected chi connectivity index (χ2v) is 10.7. The van der Waals surface area contributed by atoms with Gasteiger partial charge in [-0.1, -0.05) is 32.9 Å². The van der Waals surface area contributed by atoms with Crippen LogP contribution in [0, 0.1) is 12.7 Å². The highest BCUT2D eigenvalue weighted by Crippen LogP contribution is 2.28. The molecule has 0 aliphatic carbocycles. The van der Waals surface area contributed by atoms with Crippen LogP contribution in [0.4, 0.5) is 20.7 Å². The Bertz CT molecular complexity index is 1500. The summed E-state index contributed by atoms with van der Waals surface area (Å²) in [4.78, 5) is 17.1. The van der Waals surface area contributed by atoms with Crippen molar-refractivity contribution in [1.82, 2.24) is 20.1 Å². The van der Waals surface area contributed by atoms with Crippen LogP contribution in [0.3, 0.4) is 0 Å². The van der Waals surface area contributed by atoms with E-state index in [9.17, 15) is 14.3 Å². The van der Waals surface area contributed by atoms with E-state index >= 15 is 0 Å². The third kappa shape index (κ3) is 8.10. The highest BCUT2D eigenvalue weighted by molar-refractivity contribution is 5.99. The predicted octanol–water partition coefficient (Wildman–Crippen LogP) is 4.89. The molecule has 10 nitrogen and oxygen atoms in total. The first-order chi connectivity index (χ1) is 19.5. The summed E-state index contributed by atoms with van der Waals surface area (Å²) < 4.78 is 22.2. The molecule has 0 bridgehead atoms. The number of halogens is 1. The average molecular weight is 563 g/mol. The number of pyridine rings is 1. The summed E-state index contributed by atoms with van der Waals surface area (Å²) in [6.07, 6.45) is 0.765. The van der Waals surface area contributed by atoms with Crippen molar-refractivity contribution in [3.05, 3.63) is 89.6 Å². The molecule has 4 aromatic rings. The van der Waals surface area contributed by atoms with Crippen LogP contribution in [0.5, 0.6) is 11.5 Å². The van der Waals surface area contributed by atoms with Crippen molar-refractivity contribution >= 4 is 17.5 Å². The number of hydrogen-bond donors (Lipinski definition) is 5. The molecule has 1 atom stereocenters. The van der Waals surface area contributed by atoms with Crippen LogP contribution < -0.4 is 20.7 Å². The fraction of sp³-hybridized carbons (Fsp3) is 0.300. The van der Waals surface area contributed by atoms with E-state index in [2.05, 4.69) is 20.9 Å². The summed E-state index contributed by atoms with van der Waals surface area (Å²) in [5.74, 6) is 0.563. The highest BCUT2D eigenvalue weighted by atomic mass is 19.1. The van der Waals surface area contributed by atoms with Gasteiger partial charge in [-0.05, 0) is 42.8 Å². The second-order valence-electron chi connectivity index (χ2n) is 10.7. The van der Waals surface area contributed by atoms with E-state index in [4.69, 9.17) is 14.9 Å². The number of rotatable bonds is 10. The number of aliphatic hydroxyl groups is 2. The number of aliphatic hydroxyl groups excluding tert-OH is 2. The Hall–Kier alpha value is -4.32. The third-order valence-corrected chi connectivity index (χ3v) is 6.09. The van der Waals surface area contributed by atoms with Gasteiger partial charge in [0.05, 0.1) is 29.8 Å². The van der Waals surface area contributed by atoms with Gasteiger partial charge in [0.2, 0.25) is 0 Å². The number of nitrogens with one attached hydrogen (secondary N) is 3. The van der Waals surface area contributed by atoms with Gasteiger partial charge in [-0.2, -0.15) is 5.10 Å². The van der Waals surface area contributed by atoms with E-state index in [1.54, 1.807) is 35.1 Å². The number of anilines is 2. The zero-order valence-electron chi connectivity index (χ0n) is 23.5. The standard InChI is InChI=1S/C30H35FN6O4/c1-19-12-24(10-11-33-19)41-23-8-9-26(25(31)14-23)34-29(40)35-28-15-27(30(2,3)4)36-37(28)21-7-5-6-20(13-21)16-32-17-22(39)18-38/h5-15,22,32,38-39H,16-18H2,1-4H3,(H2,34,35,40). The highest BCUT2D eigenvalue weighted by Gasteiger charge is 2.22. The smallest absolute Gasteiger partial charge is 0.324 e. The molecule has 0 saturated heterocycles. The minimum absolute atomic E-state index is 0.0130. The first-order valence-electron chi connectivity index (χ1n) is 13.2. The molecule has 0 saturated carbocycles. The van der Waals surface area contributed by atoms with Crippen molar-refractivity contribution in [2.45, 2.75) is 45.8 Å². The molecule has 4 rings (SSSR count). The van der Waals surface area contributed by atoms with Crippen LogP contribution >= 0.6 is 0 Å². The number of carbonyl (C=O) groups is 1. The fourth-order valence-electron chi connectivity index (χ4n) is 3.93. The summed E-state index contributed by atoms with van der Waals surface area (Å²) in [6.45, 7) is 8.27. The molecule has 0 spiro atoms. The molecule has 0 radical (unpaired) electrons. The third-order valence-electron chi connectivity index (χ3n) is 6.09. The van der Waals surface area contributed by atoms with E-state index < -0.39 is 18.0 Å². The van der Waals surface area contributed by atoms with Crippen molar-refractivity contribution in [2.75, 3.05) is 23.8 Å². The lowest BCUT2D eigenvalue weighted by molar-refractivity contribution is 0.0942. The average Bonchev–Trinajstić information content (AvgIpc) is 3.35. The fourth-order valence-corrected chi connectivity index (χ4v) is 3.93. The maximum absolute atomic E-state index is 14.9. The summed E-state index contributed by atoms with van der Waals surface area (Å²) in [5.41, 5.74) is 2.84. The molecule has 1 unspecified atom stereocenters. The van der Waals surface area contributed by atoms with Gasteiger partial charge >= 0.3 is 6.03 Å². The van der Waals surface area contributed by atoms with E-state index in [1.807, 2.05) is 52.0 Å². The van der Waals surface area contributed by atoms with Crippen LogP contribution in [-0.2, 0) is 12.0 Å². The monoisotopic (exact) mass is 562 g/mol. The lowest BCUT2D eigenvalue weighted by Crippen LogP contribution is -2.28. The molecule has 2 aromatic carbocycles. The van der Waals surface area contributed by atoms with E-state index in [0.29, 0.717) is 23.8 Å². The van der Waals surface area contributed by atoms with Crippen LogP contribution in [0.25, 0.3) is 5.69 Å². The molecular formula is C30H35FN6O4. The number of aromatic nitrogens is 3. The number of hydrogen-bond acceptors (Lipinski definition) is 7. The number of amides is 2. The van der Waals surface area contributed by atoms with Crippen LogP contribution in [-0.4, -0.2) is 50.3 Å². The molecule has 2 heterocycles. The molecule has 2 amide bonds. The molecule has 0 aliphatic rings. The topological polar surface area (TPSA) is 134 Å². The van der Waals surface area contributed by atoms with Gasteiger partial charge in [-0.3, -0.25) is 10.3 Å². The van der Waals surface area contributed by atoms with Crippen molar-refractivity contribution in [1.29, 1.82) is 0 Å². The summed E-state index contributed by atoms with van der Waals surface area (Å²) >= 11 is 0. The molecular weight excluding hydrogens is 527 g/mol. The van der Waals surface area contributed by atoms with Gasteiger partial charge in [0, 0.05) is 48.6 Å². The summed E-state index contributed by atoms with van der Waals surface area (Å²) in [6, 6.07) is 16.3. The zero-order chi connectivity index (χ0) is 29.6. The summed E-state index contributed by atoms with van der Waals surface area (Å²) in [5, 5.41) is 31.8. The first kappa shape index (κ1) is 29.7. The van der Waals surface area contributed by atoms with Crippen LogP contribution in [0.2, 0.25) is 0 Å². The van der Waals surface area contributed by atoms with E-state index in [-0.39, 0.29) is 30.0 Å². The van der Waals surface area contributed by atoms with Crippen molar-refractivity contribution in [2.24, 2.45) is 0 Å². The largest absolute Gasteiger partial charge is 0.457 e. The predicted molar refractivity (Wildman–Crippen MR) is 155 cm³/mol. The van der Waals surface area contributed by atoms with Crippen LogP contribution in [0.1, 0.15) is 37.7 Å². The second kappa shape index (κ2) is 12.9. The molecule has 216 valence electrons. The quantitative estimate of drug-likeness (QED) is 0.186. The van der Waals surface area contributed by atoms with Gasteiger partial charge in [-0.15, -0.1) is 0 Å². The molecule has 41 heavy (non-hydrogen) atoms. The molecule has 0 aliphatic heterocycles. The first-order valence-corrected chi connectivity index (χ1v) is 13.2. The molecule has 0 fully saturated rings. The molecule has 11 heteroatoms. The maximum Gasteiger partial charge on any atom is 0.324 e. The Morgan fingerprint density at radius 3 is 2.56 bits per heavy atom. The van der Waals surface area contributed by atoms with Crippen LogP contribution in [0.15, 0.2) is 66.9 Å². The van der Waals surface area contributed by atoms with Gasteiger partial charge in [0.1, 0.15) is 23.1 Å². The number of ether oxygens (including phenoxy) is 1. The minimum Gasteiger partial charge on any atom is -0.457 e. The van der Waals surface area contributed by atoms with Gasteiger partial charge in [-0.25, -0.2) is 13.9 Å². The van der Waals surface area contributed by atoms with Gasteiger partial charge < -0.3 is 25.6 Å². The van der Waals surface area contributed by atoms with Crippen molar-refractivity contribution in [3.63, 3.8) is 0 Å².